The van der Waals surface area contributed by atoms with Crippen LogP contribution in [0.2, 0.25) is 0 Å². The van der Waals surface area contributed by atoms with Gasteiger partial charge in [0.2, 0.25) is 0 Å². The average Bonchev–Trinajstić information content (AvgIpc) is 3.36. The summed E-state index contributed by atoms with van der Waals surface area (Å²) in [6.07, 6.45) is 3.46. The zero-order chi connectivity index (χ0) is 22.1. The normalized spacial score (nSPS) is 23.4. The van der Waals surface area contributed by atoms with E-state index in [0.717, 1.165) is 38.2 Å². The molecule has 0 spiro atoms. The van der Waals surface area contributed by atoms with Gasteiger partial charge in [-0.15, -0.1) is 0 Å². The molecule has 1 heterocycles. The molecule has 2 heteroatoms. The lowest BCUT2D eigenvalue weighted by atomic mass is 9.74. The molecule has 1 aliphatic carbocycles. The van der Waals surface area contributed by atoms with Gasteiger partial charge in [0.05, 0.1) is 0 Å². The topological polar surface area (TPSA) is 12.5 Å². The highest BCUT2D eigenvalue weighted by atomic mass is 16.5. The minimum Gasteiger partial charge on any atom is -0.489 e. The summed E-state index contributed by atoms with van der Waals surface area (Å²) < 4.78 is 6.60. The Kier molecular flexibility index (Phi) is 5.82. The highest BCUT2D eigenvalue weighted by Crippen LogP contribution is 2.46. The van der Waals surface area contributed by atoms with Crippen LogP contribution < -0.4 is 4.74 Å². The SMILES string of the molecule is CCC1(C)CN(Cc2ccccc2)CC1c1ccc(C)c(OC2Cc3ccccc3C2)c1. The number of fused-ring (bicyclic) bond motifs is 1. The first-order valence-electron chi connectivity index (χ1n) is 12.1. The predicted molar refractivity (Wildman–Crippen MR) is 132 cm³/mol. The van der Waals surface area contributed by atoms with Crippen molar-refractivity contribution >= 4 is 0 Å². The molecule has 2 nitrogen and oxygen atoms in total. The summed E-state index contributed by atoms with van der Waals surface area (Å²) in [5, 5.41) is 0. The summed E-state index contributed by atoms with van der Waals surface area (Å²) in [6, 6.07) is 26.6. The van der Waals surface area contributed by atoms with E-state index in [4.69, 9.17) is 4.74 Å². The fourth-order valence-electron chi connectivity index (χ4n) is 5.73. The third kappa shape index (κ3) is 4.21. The van der Waals surface area contributed by atoms with E-state index < -0.39 is 0 Å². The molecule has 0 radical (unpaired) electrons. The summed E-state index contributed by atoms with van der Waals surface area (Å²) in [5.74, 6) is 1.60. The Hall–Kier alpha value is -2.58. The molecule has 3 aromatic rings. The molecule has 0 saturated carbocycles. The van der Waals surface area contributed by atoms with Crippen LogP contribution in [0.25, 0.3) is 0 Å². The van der Waals surface area contributed by atoms with Crippen molar-refractivity contribution in [2.24, 2.45) is 5.41 Å². The molecule has 0 aromatic heterocycles. The quantitative estimate of drug-likeness (QED) is 0.444. The molecule has 0 amide bonds. The predicted octanol–water partition coefficient (Wildman–Crippen LogP) is 6.56. The average molecular weight is 426 g/mol. The van der Waals surface area contributed by atoms with Crippen LogP contribution in [0, 0.1) is 12.3 Å². The van der Waals surface area contributed by atoms with Crippen molar-refractivity contribution in [3.63, 3.8) is 0 Å². The van der Waals surface area contributed by atoms with Gasteiger partial charge in [0.15, 0.2) is 0 Å². The number of rotatable bonds is 6. The summed E-state index contributed by atoms with van der Waals surface area (Å²) in [7, 11) is 0. The lowest BCUT2D eigenvalue weighted by molar-refractivity contribution is 0.211. The Morgan fingerprint density at radius 3 is 2.31 bits per heavy atom. The van der Waals surface area contributed by atoms with E-state index in [1.54, 1.807) is 0 Å². The van der Waals surface area contributed by atoms with E-state index in [-0.39, 0.29) is 11.5 Å². The van der Waals surface area contributed by atoms with Gasteiger partial charge >= 0.3 is 0 Å². The van der Waals surface area contributed by atoms with Crippen LogP contribution in [0.1, 0.15) is 54.0 Å². The highest BCUT2D eigenvalue weighted by molar-refractivity contribution is 5.41. The maximum atomic E-state index is 6.60. The van der Waals surface area contributed by atoms with Gasteiger partial charge in [-0.25, -0.2) is 0 Å². The molecule has 3 aromatic carbocycles. The van der Waals surface area contributed by atoms with E-state index in [2.05, 4.69) is 98.5 Å². The zero-order valence-corrected chi connectivity index (χ0v) is 19.7. The van der Waals surface area contributed by atoms with Crippen molar-refractivity contribution in [1.82, 2.24) is 4.90 Å². The van der Waals surface area contributed by atoms with Crippen molar-refractivity contribution in [2.45, 2.75) is 58.6 Å². The molecule has 0 bridgehead atoms. The number of likely N-dealkylation sites (tertiary alicyclic amines) is 1. The first-order valence-corrected chi connectivity index (χ1v) is 12.1. The second kappa shape index (κ2) is 8.75. The molecule has 5 rings (SSSR count). The van der Waals surface area contributed by atoms with E-state index in [9.17, 15) is 0 Å². The number of nitrogens with zero attached hydrogens (tertiary/aromatic N) is 1. The Morgan fingerprint density at radius 2 is 1.62 bits per heavy atom. The molecule has 2 aliphatic rings. The van der Waals surface area contributed by atoms with Crippen molar-refractivity contribution in [3.05, 3.63) is 101 Å². The molecule has 32 heavy (non-hydrogen) atoms. The molecule has 2 atom stereocenters. The molecule has 166 valence electrons. The summed E-state index contributed by atoms with van der Waals surface area (Å²) in [5.41, 5.74) is 7.24. The fourth-order valence-corrected chi connectivity index (χ4v) is 5.73. The maximum Gasteiger partial charge on any atom is 0.122 e. The minimum absolute atomic E-state index is 0.247. The van der Waals surface area contributed by atoms with Crippen LogP contribution in [0.15, 0.2) is 72.8 Å². The van der Waals surface area contributed by atoms with Crippen molar-refractivity contribution < 1.29 is 4.74 Å². The Bertz CT molecular complexity index is 1050. The van der Waals surface area contributed by atoms with E-state index in [1.165, 1.54) is 34.2 Å². The number of hydrogen-bond donors (Lipinski definition) is 0. The minimum atomic E-state index is 0.247. The number of benzene rings is 3. The van der Waals surface area contributed by atoms with Crippen LogP contribution in [0.5, 0.6) is 5.75 Å². The van der Waals surface area contributed by atoms with Crippen LogP contribution in [-0.4, -0.2) is 24.1 Å². The van der Waals surface area contributed by atoms with E-state index in [0.29, 0.717) is 5.92 Å². The highest BCUT2D eigenvalue weighted by Gasteiger charge is 2.42. The third-order valence-electron chi connectivity index (χ3n) is 7.85. The Balaban J connectivity index is 1.34. The fraction of sp³-hybridized carbons (Fsp3) is 0.400. The van der Waals surface area contributed by atoms with Crippen molar-refractivity contribution in [3.8, 4) is 5.75 Å². The van der Waals surface area contributed by atoms with Gasteiger partial charge in [-0.2, -0.15) is 0 Å². The van der Waals surface area contributed by atoms with Gasteiger partial charge in [-0.1, -0.05) is 80.6 Å². The lowest BCUT2D eigenvalue weighted by Crippen LogP contribution is -2.25. The molecular formula is C30H35NO. The van der Waals surface area contributed by atoms with Crippen LogP contribution in [0.3, 0.4) is 0 Å². The largest absolute Gasteiger partial charge is 0.489 e. The molecule has 1 aliphatic heterocycles. The Morgan fingerprint density at radius 1 is 0.938 bits per heavy atom. The maximum absolute atomic E-state index is 6.60. The van der Waals surface area contributed by atoms with E-state index in [1.807, 2.05) is 0 Å². The molecule has 1 fully saturated rings. The number of hydrogen-bond acceptors (Lipinski definition) is 2. The number of aryl methyl sites for hydroxylation is 1. The van der Waals surface area contributed by atoms with E-state index >= 15 is 0 Å². The first-order chi connectivity index (χ1) is 15.5. The molecule has 1 saturated heterocycles. The summed E-state index contributed by atoms with van der Waals surface area (Å²) in [4.78, 5) is 2.64. The molecule has 0 N–H and O–H groups in total. The van der Waals surface area contributed by atoms with Gasteiger partial charge in [0.1, 0.15) is 11.9 Å². The van der Waals surface area contributed by atoms with Crippen LogP contribution in [0.4, 0.5) is 0 Å². The smallest absolute Gasteiger partial charge is 0.122 e. The van der Waals surface area contributed by atoms with Gasteiger partial charge in [0, 0.05) is 38.4 Å². The van der Waals surface area contributed by atoms with Gasteiger partial charge in [0.25, 0.3) is 0 Å². The lowest BCUT2D eigenvalue weighted by Gasteiger charge is -2.30. The second-order valence-electron chi connectivity index (χ2n) is 10.2. The number of ether oxygens (including phenoxy) is 1. The standard InChI is InChI=1S/C30H35NO/c1-4-30(3)21-31(19-23-10-6-5-7-11-23)20-28(30)26-15-14-22(2)29(18-26)32-27-16-24-12-8-9-13-25(24)17-27/h5-15,18,27-28H,4,16-17,19-21H2,1-3H3. The summed E-state index contributed by atoms with van der Waals surface area (Å²) >= 11 is 0. The zero-order valence-electron chi connectivity index (χ0n) is 19.7. The van der Waals surface area contributed by atoms with Crippen LogP contribution >= 0.6 is 0 Å². The van der Waals surface area contributed by atoms with Gasteiger partial charge in [-0.05, 0) is 52.6 Å². The Labute approximate surface area is 193 Å². The summed E-state index contributed by atoms with van der Waals surface area (Å²) in [6.45, 7) is 10.3. The van der Waals surface area contributed by atoms with Gasteiger partial charge in [-0.3, -0.25) is 4.90 Å². The van der Waals surface area contributed by atoms with Crippen LogP contribution in [-0.2, 0) is 19.4 Å². The van der Waals surface area contributed by atoms with Crippen molar-refractivity contribution in [2.75, 3.05) is 13.1 Å². The monoisotopic (exact) mass is 425 g/mol. The third-order valence-corrected chi connectivity index (χ3v) is 7.85. The first kappa shape index (κ1) is 21.3. The molecule has 2 unspecified atom stereocenters. The molecular weight excluding hydrogens is 390 g/mol. The van der Waals surface area contributed by atoms with Crippen molar-refractivity contribution in [1.29, 1.82) is 0 Å². The van der Waals surface area contributed by atoms with Gasteiger partial charge < -0.3 is 4.74 Å². The second-order valence-corrected chi connectivity index (χ2v) is 10.2.